The number of hydrogen-bond acceptors (Lipinski definition) is 3. The molecule has 0 atom stereocenters. The minimum absolute atomic E-state index is 0.384. The number of carbonyl (C=O) groups excluding carboxylic acids is 1. The third-order valence-corrected chi connectivity index (χ3v) is 2.00. The SMILES string of the molecule is C=Cc1cccnc1CC(=C)C(=O)OC. The summed E-state index contributed by atoms with van der Waals surface area (Å²) < 4.78 is 4.57. The zero-order chi connectivity index (χ0) is 11.3. The third-order valence-electron chi connectivity index (χ3n) is 2.00. The zero-order valence-electron chi connectivity index (χ0n) is 8.69. The summed E-state index contributed by atoms with van der Waals surface area (Å²) in [5, 5.41) is 0. The van der Waals surface area contributed by atoms with Crippen molar-refractivity contribution in [2.24, 2.45) is 0 Å². The summed E-state index contributed by atoms with van der Waals surface area (Å²) in [7, 11) is 1.33. The maximum Gasteiger partial charge on any atom is 0.333 e. The maximum absolute atomic E-state index is 11.1. The van der Waals surface area contributed by atoms with E-state index in [0.29, 0.717) is 12.0 Å². The Morgan fingerprint density at radius 3 is 3.00 bits per heavy atom. The molecule has 78 valence electrons. The molecule has 1 rings (SSSR count). The Bertz CT molecular complexity index is 396. The van der Waals surface area contributed by atoms with E-state index in [2.05, 4.69) is 22.9 Å². The van der Waals surface area contributed by atoms with Crippen LogP contribution in [-0.2, 0) is 16.0 Å². The molecule has 3 heteroatoms. The average Bonchev–Trinajstić information content (AvgIpc) is 2.28. The molecule has 0 fully saturated rings. The second kappa shape index (κ2) is 5.10. The zero-order valence-corrected chi connectivity index (χ0v) is 8.69. The second-order valence-electron chi connectivity index (χ2n) is 3.02. The van der Waals surface area contributed by atoms with Crippen LogP contribution in [0.4, 0.5) is 0 Å². The van der Waals surface area contributed by atoms with E-state index in [9.17, 15) is 4.79 Å². The van der Waals surface area contributed by atoms with E-state index in [1.807, 2.05) is 12.1 Å². The van der Waals surface area contributed by atoms with Crippen molar-refractivity contribution in [2.45, 2.75) is 6.42 Å². The van der Waals surface area contributed by atoms with Crippen LogP contribution in [0.5, 0.6) is 0 Å². The maximum atomic E-state index is 11.1. The van der Waals surface area contributed by atoms with Gasteiger partial charge in [-0.1, -0.05) is 25.3 Å². The van der Waals surface area contributed by atoms with E-state index in [1.54, 1.807) is 12.3 Å². The summed E-state index contributed by atoms with van der Waals surface area (Å²) in [6.07, 6.45) is 3.76. The number of hydrogen-bond donors (Lipinski definition) is 0. The molecular formula is C12H13NO2. The Morgan fingerprint density at radius 1 is 1.67 bits per heavy atom. The van der Waals surface area contributed by atoms with Gasteiger partial charge in [0.25, 0.3) is 0 Å². The van der Waals surface area contributed by atoms with Gasteiger partial charge in [-0.25, -0.2) is 4.79 Å². The highest BCUT2D eigenvalue weighted by atomic mass is 16.5. The summed E-state index contributed by atoms with van der Waals surface area (Å²) in [4.78, 5) is 15.3. The Labute approximate surface area is 89.1 Å². The molecule has 0 radical (unpaired) electrons. The summed E-state index contributed by atoms with van der Waals surface area (Å²) in [6, 6.07) is 3.71. The summed E-state index contributed by atoms with van der Waals surface area (Å²) >= 11 is 0. The lowest BCUT2D eigenvalue weighted by Crippen LogP contribution is -2.07. The largest absolute Gasteiger partial charge is 0.466 e. The van der Waals surface area contributed by atoms with Crippen LogP contribution in [0, 0.1) is 0 Å². The van der Waals surface area contributed by atoms with E-state index in [-0.39, 0.29) is 0 Å². The molecule has 1 aromatic rings. The van der Waals surface area contributed by atoms with Crippen LogP contribution >= 0.6 is 0 Å². The Hall–Kier alpha value is -1.90. The van der Waals surface area contributed by atoms with E-state index < -0.39 is 5.97 Å². The molecule has 1 aromatic heterocycles. The van der Waals surface area contributed by atoms with E-state index in [4.69, 9.17) is 0 Å². The molecule has 0 aliphatic rings. The number of carbonyl (C=O) groups is 1. The normalized spacial score (nSPS) is 9.40. The predicted molar refractivity (Wildman–Crippen MR) is 59.2 cm³/mol. The smallest absolute Gasteiger partial charge is 0.333 e. The lowest BCUT2D eigenvalue weighted by atomic mass is 10.1. The average molecular weight is 203 g/mol. The van der Waals surface area contributed by atoms with Crippen molar-refractivity contribution in [3.8, 4) is 0 Å². The first-order valence-corrected chi connectivity index (χ1v) is 4.51. The summed E-state index contributed by atoms with van der Waals surface area (Å²) in [5.74, 6) is -0.407. The molecule has 0 aliphatic carbocycles. The molecule has 15 heavy (non-hydrogen) atoms. The lowest BCUT2D eigenvalue weighted by molar-refractivity contribution is -0.136. The van der Waals surface area contributed by atoms with Crippen molar-refractivity contribution in [1.29, 1.82) is 0 Å². The molecule has 0 unspecified atom stereocenters. The van der Waals surface area contributed by atoms with Crippen molar-refractivity contribution < 1.29 is 9.53 Å². The van der Waals surface area contributed by atoms with E-state index in [1.165, 1.54) is 7.11 Å². The number of aromatic nitrogens is 1. The topological polar surface area (TPSA) is 39.2 Å². The highest BCUT2D eigenvalue weighted by Gasteiger charge is 2.09. The fourth-order valence-corrected chi connectivity index (χ4v) is 1.20. The monoisotopic (exact) mass is 203 g/mol. The number of methoxy groups -OCH3 is 1. The van der Waals surface area contributed by atoms with Gasteiger partial charge in [-0.15, -0.1) is 0 Å². The molecule has 0 amide bonds. The van der Waals surface area contributed by atoms with Crippen LogP contribution in [0.1, 0.15) is 11.3 Å². The minimum atomic E-state index is -0.407. The first-order valence-electron chi connectivity index (χ1n) is 4.51. The van der Waals surface area contributed by atoms with Crippen molar-refractivity contribution in [3.05, 3.63) is 48.3 Å². The summed E-state index contributed by atoms with van der Waals surface area (Å²) in [5.41, 5.74) is 2.07. The number of rotatable bonds is 4. The Morgan fingerprint density at radius 2 is 2.40 bits per heavy atom. The fraction of sp³-hybridized carbons (Fsp3) is 0.167. The highest BCUT2D eigenvalue weighted by Crippen LogP contribution is 2.11. The molecular weight excluding hydrogens is 190 g/mol. The molecule has 0 aromatic carbocycles. The molecule has 0 bridgehead atoms. The standard InChI is InChI=1S/C12H13NO2/c1-4-10-6-5-7-13-11(10)8-9(2)12(14)15-3/h4-7H,1-2,8H2,3H3. The van der Waals surface area contributed by atoms with Crippen LogP contribution < -0.4 is 0 Å². The molecule has 0 saturated carbocycles. The van der Waals surface area contributed by atoms with Gasteiger partial charge in [-0.05, 0) is 11.6 Å². The first-order chi connectivity index (χ1) is 7.19. The molecule has 0 spiro atoms. The molecule has 1 heterocycles. The fourth-order valence-electron chi connectivity index (χ4n) is 1.20. The van der Waals surface area contributed by atoms with Gasteiger partial charge < -0.3 is 4.74 Å². The van der Waals surface area contributed by atoms with Crippen molar-refractivity contribution in [2.75, 3.05) is 7.11 Å². The van der Waals surface area contributed by atoms with Gasteiger partial charge in [0.2, 0.25) is 0 Å². The molecule has 0 N–H and O–H groups in total. The van der Waals surface area contributed by atoms with E-state index in [0.717, 1.165) is 11.3 Å². The molecule has 0 aliphatic heterocycles. The number of esters is 1. The first kappa shape index (κ1) is 11.2. The highest BCUT2D eigenvalue weighted by molar-refractivity contribution is 5.88. The van der Waals surface area contributed by atoms with Crippen molar-refractivity contribution >= 4 is 12.0 Å². The van der Waals surface area contributed by atoms with Gasteiger partial charge in [-0.3, -0.25) is 4.98 Å². The lowest BCUT2D eigenvalue weighted by Gasteiger charge is -2.05. The number of nitrogens with zero attached hydrogens (tertiary/aromatic N) is 1. The molecule has 3 nitrogen and oxygen atoms in total. The second-order valence-corrected chi connectivity index (χ2v) is 3.02. The summed E-state index contributed by atoms with van der Waals surface area (Å²) in [6.45, 7) is 7.33. The van der Waals surface area contributed by atoms with Crippen molar-refractivity contribution in [3.63, 3.8) is 0 Å². The Kier molecular flexibility index (Phi) is 3.80. The van der Waals surface area contributed by atoms with Crippen LogP contribution in [-0.4, -0.2) is 18.1 Å². The quantitative estimate of drug-likeness (QED) is 0.555. The Balaban J connectivity index is 2.85. The van der Waals surface area contributed by atoms with Crippen LogP contribution in [0.15, 0.2) is 37.1 Å². The minimum Gasteiger partial charge on any atom is -0.466 e. The van der Waals surface area contributed by atoms with Gasteiger partial charge in [0.1, 0.15) is 0 Å². The molecule has 0 saturated heterocycles. The predicted octanol–water partition coefficient (Wildman–Crippen LogP) is 2.00. The van der Waals surface area contributed by atoms with Crippen LogP contribution in [0.2, 0.25) is 0 Å². The number of ether oxygens (including phenoxy) is 1. The van der Waals surface area contributed by atoms with Crippen LogP contribution in [0.3, 0.4) is 0 Å². The van der Waals surface area contributed by atoms with Gasteiger partial charge in [0.05, 0.1) is 12.8 Å². The van der Waals surface area contributed by atoms with Gasteiger partial charge >= 0.3 is 5.97 Å². The van der Waals surface area contributed by atoms with Gasteiger partial charge in [-0.2, -0.15) is 0 Å². The third kappa shape index (κ3) is 2.77. The van der Waals surface area contributed by atoms with Gasteiger partial charge in [0.15, 0.2) is 0 Å². The van der Waals surface area contributed by atoms with E-state index >= 15 is 0 Å². The van der Waals surface area contributed by atoms with Crippen molar-refractivity contribution in [1.82, 2.24) is 4.98 Å². The van der Waals surface area contributed by atoms with Crippen LogP contribution in [0.25, 0.3) is 6.08 Å². The van der Waals surface area contributed by atoms with Gasteiger partial charge in [0, 0.05) is 18.2 Å². The number of pyridine rings is 1.